The van der Waals surface area contributed by atoms with Crippen LogP contribution in [0.4, 0.5) is 0 Å². The smallest absolute Gasteiger partial charge is 0.223 e. The number of halogens is 1. The van der Waals surface area contributed by atoms with Gasteiger partial charge in [-0.25, -0.2) is 0 Å². The number of hydrogen-bond donors (Lipinski definition) is 2. The van der Waals surface area contributed by atoms with Crippen LogP contribution in [-0.2, 0) is 11.2 Å². The van der Waals surface area contributed by atoms with Crippen molar-refractivity contribution in [3.63, 3.8) is 0 Å². The van der Waals surface area contributed by atoms with E-state index in [-0.39, 0.29) is 19.0 Å². The Labute approximate surface area is 114 Å². The van der Waals surface area contributed by atoms with Gasteiger partial charge in [-0.1, -0.05) is 28.1 Å². The van der Waals surface area contributed by atoms with Crippen LogP contribution in [0.15, 0.2) is 28.7 Å². The minimum atomic E-state index is -0.806. The first-order valence-corrected chi connectivity index (χ1v) is 6.74. The third-order valence-electron chi connectivity index (χ3n) is 3.13. The second-order valence-corrected chi connectivity index (χ2v) is 5.48. The molecule has 5 heteroatoms. The highest BCUT2D eigenvalue weighted by atomic mass is 79.9. The summed E-state index contributed by atoms with van der Waals surface area (Å²) in [7, 11) is 0. The van der Waals surface area contributed by atoms with Gasteiger partial charge in [-0.2, -0.15) is 0 Å². The van der Waals surface area contributed by atoms with Gasteiger partial charge in [-0.05, 0) is 24.1 Å². The van der Waals surface area contributed by atoms with Crippen LogP contribution in [0, 0.1) is 0 Å². The molecule has 2 rings (SSSR count). The maximum absolute atomic E-state index is 11.9. The fraction of sp³-hybridized carbons (Fsp3) is 0.462. The van der Waals surface area contributed by atoms with Crippen molar-refractivity contribution in [1.82, 2.24) is 4.90 Å². The molecule has 18 heavy (non-hydrogen) atoms. The lowest BCUT2D eigenvalue weighted by Crippen LogP contribution is -2.29. The number of benzene rings is 1. The van der Waals surface area contributed by atoms with Crippen LogP contribution in [-0.4, -0.2) is 46.3 Å². The number of carbonyl (C=O) groups excluding carboxylic acids is 1. The fourth-order valence-corrected chi connectivity index (χ4v) is 2.52. The maximum atomic E-state index is 11.9. The minimum absolute atomic E-state index is 0.0226. The number of aliphatic hydroxyl groups excluding tert-OH is 2. The number of aryl methyl sites for hydroxylation is 1. The summed E-state index contributed by atoms with van der Waals surface area (Å²) in [5.74, 6) is -0.0226. The minimum Gasteiger partial charge on any atom is -0.388 e. The van der Waals surface area contributed by atoms with Crippen LogP contribution in [0.2, 0.25) is 0 Å². The number of amides is 1. The summed E-state index contributed by atoms with van der Waals surface area (Å²) in [4.78, 5) is 13.4. The molecule has 0 aromatic heterocycles. The Balaban J connectivity index is 1.85. The van der Waals surface area contributed by atoms with Crippen LogP contribution in [0.25, 0.3) is 0 Å². The number of β-amino-alcohol motifs (C(OH)–C–C–N with tert-alkyl or cyclic N) is 2. The summed E-state index contributed by atoms with van der Waals surface area (Å²) in [5, 5.41) is 18.8. The van der Waals surface area contributed by atoms with Crippen LogP contribution in [0.1, 0.15) is 12.0 Å². The van der Waals surface area contributed by atoms with E-state index in [1.807, 2.05) is 24.3 Å². The van der Waals surface area contributed by atoms with Gasteiger partial charge in [0.1, 0.15) is 0 Å². The second-order valence-electron chi connectivity index (χ2n) is 4.56. The fourth-order valence-electron chi connectivity index (χ4n) is 2.07. The van der Waals surface area contributed by atoms with E-state index in [1.165, 1.54) is 4.90 Å². The Bertz CT molecular complexity index is 428. The van der Waals surface area contributed by atoms with Crippen molar-refractivity contribution < 1.29 is 15.0 Å². The Morgan fingerprint density at radius 2 is 2.00 bits per heavy atom. The Morgan fingerprint density at radius 1 is 1.33 bits per heavy atom. The Hall–Kier alpha value is -0.910. The molecule has 2 atom stereocenters. The molecule has 1 heterocycles. The molecule has 1 aliphatic heterocycles. The first-order chi connectivity index (χ1) is 8.56. The second kappa shape index (κ2) is 5.82. The third-order valence-corrected chi connectivity index (χ3v) is 3.62. The third kappa shape index (κ3) is 3.31. The molecule has 1 amide bonds. The quantitative estimate of drug-likeness (QED) is 0.873. The molecule has 0 spiro atoms. The van der Waals surface area contributed by atoms with Crippen LogP contribution >= 0.6 is 15.9 Å². The van der Waals surface area contributed by atoms with Gasteiger partial charge in [-0.3, -0.25) is 4.79 Å². The Morgan fingerprint density at radius 3 is 2.61 bits per heavy atom. The van der Waals surface area contributed by atoms with E-state index in [0.29, 0.717) is 12.8 Å². The van der Waals surface area contributed by atoms with Crippen LogP contribution in [0.3, 0.4) is 0 Å². The first kappa shape index (κ1) is 13.5. The highest BCUT2D eigenvalue weighted by Gasteiger charge is 2.31. The van der Waals surface area contributed by atoms with E-state index in [1.54, 1.807) is 0 Å². The van der Waals surface area contributed by atoms with Crippen molar-refractivity contribution in [2.75, 3.05) is 13.1 Å². The summed E-state index contributed by atoms with van der Waals surface area (Å²) < 4.78 is 1.000. The molecule has 98 valence electrons. The molecule has 2 N–H and O–H groups in total. The molecule has 0 saturated carbocycles. The number of hydrogen-bond acceptors (Lipinski definition) is 3. The van der Waals surface area contributed by atoms with Gasteiger partial charge in [0.2, 0.25) is 5.91 Å². The molecule has 4 nitrogen and oxygen atoms in total. The first-order valence-electron chi connectivity index (χ1n) is 5.94. The monoisotopic (exact) mass is 313 g/mol. The van der Waals surface area contributed by atoms with Gasteiger partial charge in [0.25, 0.3) is 0 Å². The average Bonchev–Trinajstić information content (AvgIpc) is 2.67. The summed E-state index contributed by atoms with van der Waals surface area (Å²) in [6, 6.07) is 7.85. The zero-order valence-corrected chi connectivity index (χ0v) is 11.5. The van der Waals surface area contributed by atoms with E-state index in [0.717, 1.165) is 10.0 Å². The molecular formula is C13H16BrNO3. The molecule has 1 aliphatic rings. The topological polar surface area (TPSA) is 60.8 Å². The summed E-state index contributed by atoms with van der Waals surface area (Å²) in [5.41, 5.74) is 1.10. The highest BCUT2D eigenvalue weighted by Crippen LogP contribution is 2.15. The van der Waals surface area contributed by atoms with Crippen molar-refractivity contribution in [1.29, 1.82) is 0 Å². The predicted octanol–water partition coefficient (Wildman–Crippen LogP) is 0.946. The lowest BCUT2D eigenvalue weighted by Gasteiger charge is -2.15. The SMILES string of the molecule is O=C(CCc1cccc(Br)c1)N1CC(O)C(O)C1. The van der Waals surface area contributed by atoms with E-state index >= 15 is 0 Å². The van der Waals surface area contributed by atoms with Crippen molar-refractivity contribution in [2.45, 2.75) is 25.0 Å². The van der Waals surface area contributed by atoms with E-state index in [4.69, 9.17) is 0 Å². The van der Waals surface area contributed by atoms with Crippen molar-refractivity contribution in [3.05, 3.63) is 34.3 Å². The number of aliphatic hydroxyl groups is 2. The van der Waals surface area contributed by atoms with E-state index in [9.17, 15) is 15.0 Å². The standard InChI is InChI=1S/C13H16BrNO3/c14-10-3-1-2-9(6-10)4-5-13(18)15-7-11(16)12(17)8-15/h1-3,6,11-12,16-17H,4-5,7-8H2. The van der Waals surface area contributed by atoms with Gasteiger partial charge in [0.05, 0.1) is 12.2 Å². The van der Waals surface area contributed by atoms with Gasteiger partial charge in [-0.15, -0.1) is 0 Å². The van der Waals surface area contributed by atoms with Gasteiger partial charge in [0.15, 0.2) is 0 Å². The van der Waals surface area contributed by atoms with Gasteiger partial charge in [0, 0.05) is 24.0 Å². The summed E-state index contributed by atoms with van der Waals surface area (Å²) in [6.45, 7) is 0.469. The lowest BCUT2D eigenvalue weighted by atomic mass is 10.1. The number of nitrogens with zero attached hydrogens (tertiary/aromatic N) is 1. The lowest BCUT2D eigenvalue weighted by molar-refractivity contribution is -0.130. The van der Waals surface area contributed by atoms with Crippen molar-refractivity contribution >= 4 is 21.8 Å². The van der Waals surface area contributed by atoms with Crippen LogP contribution in [0.5, 0.6) is 0 Å². The molecule has 2 unspecified atom stereocenters. The maximum Gasteiger partial charge on any atom is 0.223 e. The summed E-state index contributed by atoms with van der Waals surface area (Å²) in [6.07, 6.45) is -0.545. The highest BCUT2D eigenvalue weighted by molar-refractivity contribution is 9.10. The zero-order valence-electron chi connectivity index (χ0n) is 9.92. The van der Waals surface area contributed by atoms with Gasteiger partial charge >= 0.3 is 0 Å². The molecule has 0 aliphatic carbocycles. The van der Waals surface area contributed by atoms with Crippen molar-refractivity contribution in [2.24, 2.45) is 0 Å². The predicted molar refractivity (Wildman–Crippen MR) is 71.1 cm³/mol. The molecule has 1 fully saturated rings. The Kier molecular flexibility index (Phi) is 4.37. The molecular weight excluding hydrogens is 298 g/mol. The van der Waals surface area contributed by atoms with E-state index in [2.05, 4.69) is 15.9 Å². The molecule has 0 radical (unpaired) electrons. The molecule has 1 saturated heterocycles. The van der Waals surface area contributed by atoms with Crippen molar-refractivity contribution in [3.8, 4) is 0 Å². The average molecular weight is 314 g/mol. The van der Waals surface area contributed by atoms with E-state index < -0.39 is 12.2 Å². The number of likely N-dealkylation sites (tertiary alicyclic amines) is 1. The molecule has 1 aromatic carbocycles. The number of carbonyl (C=O) groups is 1. The summed E-state index contributed by atoms with van der Waals surface area (Å²) >= 11 is 3.39. The number of rotatable bonds is 3. The van der Waals surface area contributed by atoms with Crippen LogP contribution < -0.4 is 0 Å². The molecule has 1 aromatic rings. The normalized spacial score (nSPS) is 23.4. The largest absolute Gasteiger partial charge is 0.388 e. The zero-order chi connectivity index (χ0) is 13.1. The van der Waals surface area contributed by atoms with Gasteiger partial charge < -0.3 is 15.1 Å². The molecule has 0 bridgehead atoms.